The van der Waals surface area contributed by atoms with E-state index in [1.54, 1.807) is 16.7 Å². The molecule has 3 rings (SSSR count). The summed E-state index contributed by atoms with van der Waals surface area (Å²) in [4.78, 5) is 16.0. The van der Waals surface area contributed by atoms with Gasteiger partial charge in [-0.05, 0) is 18.6 Å². The lowest BCUT2D eigenvalue weighted by Crippen LogP contribution is -2.17. The first kappa shape index (κ1) is 13.7. The highest BCUT2D eigenvalue weighted by Crippen LogP contribution is 2.24. The van der Waals surface area contributed by atoms with Gasteiger partial charge in [0.1, 0.15) is 5.52 Å². The molecule has 0 aliphatic carbocycles. The summed E-state index contributed by atoms with van der Waals surface area (Å²) in [6.45, 7) is 2.65. The van der Waals surface area contributed by atoms with Crippen LogP contribution in [0.5, 0.6) is 0 Å². The number of benzene rings is 1. The Balaban J connectivity index is 1.78. The molecule has 0 saturated carbocycles. The van der Waals surface area contributed by atoms with E-state index in [4.69, 9.17) is 10.2 Å². The fourth-order valence-corrected chi connectivity index (χ4v) is 2.83. The largest absolute Gasteiger partial charge is 0.440 e. The van der Waals surface area contributed by atoms with Crippen molar-refractivity contribution in [2.24, 2.45) is 0 Å². The third kappa shape index (κ3) is 2.80. The molecule has 0 bridgehead atoms. The Morgan fingerprint density at radius 2 is 2.33 bits per heavy atom. The van der Waals surface area contributed by atoms with Gasteiger partial charge in [0.25, 0.3) is 0 Å². The topological polar surface area (TPSA) is 103 Å². The van der Waals surface area contributed by atoms with Gasteiger partial charge in [-0.3, -0.25) is 4.57 Å². The van der Waals surface area contributed by atoms with Gasteiger partial charge in [-0.25, -0.2) is 14.9 Å². The summed E-state index contributed by atoms with van der Waals surface area (Å²) in [6.07, 6.45) is 0.870. The van der Waals surface area contributed by atoms with E-state index in [0.29, 0.717) is 34.6 Å². The third-order valence-electron chi connectivity index (χ3n) is 2.95. The number of rotatable bonds is 5. The fourth-order valence-electron chi connectivity index (χ4n) is 2.01. The van der Waals surface area contributed by atoms with Gasteiger partial charge in [-0.2, -0.15) is 0 Å². The van der Waals surface area contributed by atoms with Gasteiger partial charge in [0.05, 0.1) is 5.75 Å². The van der Waals surface area contributed by atoms with Gasteiger partial charge in [-0.15, -0.1) is 5.10 Å². The Morgan fingerprint density at radius 1 is 1.48 bits per heavy atom. The predicted octanol–water partition coefficient (Wildman–Crippen LogP) is 2.00. The lowest BCUT2D eigenvalue weighted by molar-refractivity contribution is 0.555. The monoisotopic (exact) mass is 305 g/mol. The van der Waals surface area contributed by atoms with E-state index in [1.807, 2.05) is 13.0 Å². The van der Waals surface area contributed by atoms with Crippen molar-refractivity contribution in [3.05, 3.63) is 34.6 Å². The summed E-state index contributed by atoms with van der Waals surface area (Å²) in [5.41, 5.74) is 7.60. The van der Waals surface area contributed by atoms with Gasteiger partial charge in [0.2, 0.25) is 5.89 Å². The highest BCUT2D eigenvalue weighted by molar-refractivity contribution is 7.98. The number of nitrogens with two attached hydrogens (primary N) is 1. The molecule has 110 valence electrons. The normalized spacial score (nSPS) is 11.3. The zero-order valence-corrected chi connectivity index (χ0v) is 12.3. The number of anilines is 1. The average molecular weight is 305 g/mol. The van der Waals surface area contributed by atoms with Crippen LogP contribution in [0.1, 0.15) is 19.2 Å². The summed E-state index contributed by atoms with van der Waals surface area (Å²) < 4.78 is 7.26. The Labute approximate surface area is 124 Å². The number of nitrogen functional groups attached to an aromatic ring is 1. The lowest BCUT2D eigenvalue weighted by atomic mass is 10.3. The molecule has 2 aromatic heterocycles. The highest BCUT2D eigenvalue weighted by Gasteiger charge is 2.11. The first-order chi connectivity index (χ1) is 10.2. The molecule has 7 nitrogen and oxygen atoms in total. The zero-order chi connectivity index (χ0) is 14.8. The minimum Gasteiger partial charge on any atom is -0.440 e. The Kier molecular flexibility index (Phi) is 3.70. The summed E-state index contributed by atoms with van der Waals surface area (Å²) in [6, 6.07) is 5.36. The minimum absolute atomic E-state index is 0.190. The van der Waals surface area contributed by atoms with Crippen LogP contribution in [-0.4, -0.2) is 19.7 Å². The Morgan fingerprint density at radius 3 is 3.14 bits per heavy atom. The second-order valence-corrected chi connectivity index (χ2v) is 5.53. The maximum atomic E-state index is 11.6. The highest BCUT2D eigenvalue weighted by atomic mass is 32.2. The molecular formula is C13H15N5O2S. The quantitative estimate of drug-likeness (QED) is 0.552. The number of H-pyrrole nitrogens is 1. The van der Waals surface area contributed by atoms with Crippen molar-refractivity contribution in [2.75, 3.05) is 5.73 Å². The van der Waals surface area contributed by atoms with Crippen LogP contribution in [0.15, 0.2) is 32.6 Å². The molecular weight excluding hydrogens is 290 g/mol. The van der Waals surface area contributed by atoms with Crippen molar-refractivity contribution < 1.29 is 4.42 Å². The van der Waals surface area contributed by atoms with Crippen LogP contribution in [0.2, 0.25) is 0 Å². The van der Waals surface area contributed by atoms with E-state index >= 15 is 0 Å². The number of nitrogens with zero attached hydrogens (tertiary/aromatic N) is 3. The molecule has 0 aliphatic heterocycles. The van der Waals surface area contributed by atoms with E-state index in [1.165, 1.54) is 11.8 Å². The number of hydrogen-bond donors (Lipinski definition) is 2. The molecule has 0 amide bonds. The van der Waals surface area contributed by atoms with Crippen molar-refractivity contribution in [3.63, 3.8) is 0 Å². The summed E-state index contributed by atoms with van der Waals surface area (Å²) in [5, 5.41) is 7.12. The molecule has 0 unspecified atom stereocenters. The van der Waals surface area contributed by atoms with Crippen molar-refractivity contribution in [2.45, 2.75) is 30.8 Å². The van der Waals surface area contributed by atoms with E-state index in [2.05, 4.69) is 15.2 Å². The second-order valence-electron chi connectivity index (χ2n) is 4.59. The van der Waals surface area contributed by atoms with Crippen LogP contribution in [-0.2, 0) is 12.3 Å². The number of thioether (sulfide) groups is 1. The number of nitrogens with one attached hydrogen (secondary N) is 1. The molecule has 2 heterocycles. The maximum Gasteiger partial charge on any atom is 0.343 e. The molecule has 3 N–H and O–H groups in total. The van der Waals surface area contributed by atoms with Crippen LogP contribution < -0.4 is 11.4 Å². The molecule has 3 aromatic rings. The zero-order valence-electron chi connectivity index (χ0n) is 11.5. The molecule has 8 heteroatoms. The van der Waals surface area contributed by atoms with Gasteiger partial charge < -0.3 is 10.2 Å². The Hall–Kier alpha value is -2.22. The molecule has 0 fully saturated rings. The minimum atomic E-state index is -0.190. The van der Waals surface area contributed by atoms with Gasteiger partial charge in [0.15, 0.2) is 10.7 Å². The molecule has 1 aromatic carbocycles. The van der Waals surface area contributed by atoms with Crippen LogP contribution >= 0.6 is 11.8 Å². The maximum absolute atomic E-state index is 11.6. The molecule has 0 aliphatic rings. The second kappa shape index (κ2) is 5.65. The van der Waals surface area contributed by atoms with E-state index in [0.717, 1.165) is 11.9 Å². The van der Waals surface area contributed by atoms with E-state index in [-0.39, 0.29) is 5.69 Å². The van der Waals surface area contributed by atoms with Crippen molar-refractivity contribution >= 4 is 28.5 Å². The standard InChI is InChI=1S/C13H15N5O2S/c1-2-5-18-12(19)16-17-13(18)21-7-11-15-9-4-3-8(14)6-10(9)20-11/h3-4,6H,2,5,7,14H2,1H3,(H,16,19). The molecule has 0 saturated heterocycles. The summed E-state index contributed by atoms with van der Waals surface area (Å²) in [7, 11) is 0. The Bertz CT molecular complexity index is 819. The first-order valence-corrected chi connectivity index (χ1v) is 7.59. The average Bonchev–Trinajstić information content (AvgIpc) is 3.01. The molecule has 0 radical (unpaired) electrons. The third-order valence-corrected chi connectivity index (χ3v) is 3.91. The number of aromatic nitrogens is 4. The summed E-state index contributed by atoms with van der Waals surface area (Å²) >= 11 is 1.41. The number of fused-ring (bicyclic) bond motifs is 1. The predicted molar refractivity (Wildman–Crippen MR) is 81.1 cm³/mol. The van der Waals surface area contributed by atoms with Crippen LogP contribution in [0.25, 0.3) is 11.1 Å². The molecule has 21 heavy (non-hydrogen) atoms. The SMILES string of the molecule is CCCn1c(SCc2nc3ccc(N)cc3o2)n[nH]c1=O. The lowest BCUT2D eigenvalue weighted by Gasteiger charge is -2.01. The smallest absolute Gasteiger partial charge is 0.343 e. The van der Waals surface area contributed by atoms with E-state index < -0.39 is 0 Å². The molecule has 0 atom stereocenters. The van der Waals surface area contributed by atoms with Crippen LogP contribution in [0.3, 0.4) is 0 Å². The van der Waals surface area contributed by atoms with E-state index in [9.17, 15) is 4.79 Å². The van der Waals surface area contributed by atoms with Crippen molar-refractivity contribution in [1.29, 1.82) is 0 Å². The number of oxazole rings is 1. The number of aromatic amines is 1. The van der Waals surface area contributed by atoms with Crippen molar-refractivity contribution in [1.82, 2.24) is 19.7 Å². The van der Waals surface area contributed by atoms with Gasteiger partial charge >= 0.3 is 5.69 Å². The van der Waals surface area contributed by atoms with Crippen LogP contribution in [0, 0.1) is 0 Å². The van der Waals surface area contributed by atoms with Gasteiger partial charge in [0, 0.05) is 18.3 Å². The van der Waals surface area contributed by atoms with Gasteiger partial charge in [-0.1, -0.05) is 18.7 Å². The number of hydrogen-bond acceptors (Lipinski definition) is 6. The fraction of sp³-hybridized carbons (Fsp3) is 0.308. The molecule has 0 spiro atoms. The van der Waals surface area contributed by atoms with Crippen LogP contribution in [0.4, 0.5) is 5.69 Å². The van der Waals surface area contributed by atoms with Crippen molar-refractivity contribution in [3.8, 4) is 0 Å². The first-order valence-electron chi connectivity index (χ1n) is 6.60. The summed E-state index contributed by atoms with van der Waals surface area (Å²) in [5.74, 6) is 1.09.